The molecule has 1 unspecified atom stereocenters. The lowest BCUT2D eigenvalue weighted by molar-refractivity contribution is -0.368. The van der Waals surface area contributed by atoms with Crippen LogP contribution < -0.4 is 16.8 Å². The maximum absolute atomic E-state index is 11.3. The minimum Gasteiger partial charge on any atom is -0.385 e. The smallest absolute Gasteiger partial charge is 0.238 e. The maximum Gasteiger partial charge on any atom is 0.238 e. The largest absolute Gasteiger partial charge is 0.385 e. The van der Waals surface area contributed by atoms with Crippen molar-refractivity contribution in [3.8, 4) is 0 Å². The third kappa shape index (κ3) is 8.35. The van der Waals surface area contributed by atoms with Crippen molar-refractivity contribution in [2.45, 2.75) is 31.7 Å². The van der Waals surface area contributed by atoms with E-state index in [0.717, 1.165) is 25.8 Å². The van der Waals surface area contributed by atoms with Gasteiger partial charge in [0.05, 0.1) is 12.6 Å². The van der Waals surface area contributed by atoms with Gasteiger partial charge in [-0.3, -0.25) is 4.79 Å². The van der Waals surface area contributed by atoms with Gasteiger partial charge >= 0.3 is 0 Å². The molecule has 89 valence electrons. The Morgan fingerprint density at radius 2 is 2.20 bits per heavy atom. The van der Waals surface area contributed by atoms with Gasteiger partial charge in [-0.15, -0.1) is 0 Å². The molecule has 0 aromatic heterocycles. The van der Waals surface area contributed by atoms with Crippen molar-refractivity contribution in [2.75, 3.05) is 26.8 Å². The Morgan fingerprint density at radius 3 is 2.80 bits per heavy atom. The number of methoxy groups -OCH3 is 1. The van der Waals surface area contributed by atoms with E-state index in [4.69, 9.17) is 10.5 Å². The number of hydrogen-bond donors (Lipinski definition) is 2. The van der Waals surface area contributed by atoms with Crippen LogP contribution in [0.5, 0.6) is 0 Å². The van der Waals surface area contributed by atoms with Crippen molar-refractivity contribution in [1.82, 2.24) is 11.1 Å². The van der Waals surface area contributed by atoms with Gasteiger partial charge in [-0.25, -0.2) is 5.73 Å². The van der Waals surface area contributed by atoms with E-state index < -0.39 is 6.04 Å². The highest BCUT2D eigenvalue weighted by Crippen LogP contribution is 1.98. The minimum atomic E-state index is -0.626. The molecule has 0 aliphatic carbocycles. The molecule has 5 heteroatoms. The topological polar surface area (TPSA) is 89.8 Å². The fourth-order valence-electron chi connectivity index (χ4n) is 1.21. The molecule has 15 heavy (non-hydrogen) atoms. The SMILES string of the molecule is COCCCNC(=O)C([NH])CCCC[NH3+]. The van der Waals surface area contributed by atoms with E-state index in [-0.39, 0.29) is 5.91 Å². The monoisotopic (exact) mass is 217 g/mol. The Kier molecular flexibility index (Phi) is 9.46. The Labute approximate surface area is 91.5 Å². The fraction of sp³-hybridized carbons (Fsp3) is 0.900. The summed E-state index contributed by atoms with van der Waals surface area (Å²) in [7, 11) is 1.63. The molecule has 0 aromatic rings. The van der Waals surface area contributed by atoms with Crippen molar-refractivity contribution in [3.63, 3.8) is 0 Å². The molecule has 0 fully saturated rings. The summed E-state index contributed by atoms with van der Waals surface area (Å²) < 4.78 is 4.86. The quantitative estimate of drug-likeness (QED) is 0.495. The summed E-state index contributed by atoms with van der Waals surface area (Å²) in [6.45, 7) is 2.12. The summed E-state index contributed by atoms with van der Waals surface area (Å²) in [6, 6.07) is -0.626. The van der Waals surface area contributed by atoms with E-state index in [9.17, 15) is 4.79 Å². The number of amides is 1. The molecule has 5 N–H and O–H groups in total. The van der Waals surface area contributed by atoms with Gasteiger partial charge in [-0.05, 0) is 25.7 Å². The second kappa shape index (κ2) is 9.89. The molecule has 5 nitrogen and oxygen atoms in total. The number of carbonyl (C=O) groups excluding carboxylic acids is 1. The van der Waals surface area contributed by atoms with Crippen molar-refractivity contribution in [1.29, 1.82) is 0 Å². The molecule has 0 rings (SSSR count). The third-order valence-electron chi connectivity index (χ3n) is 2.13. The van der Waals surface area contributed by atoms with E-state index in [2.05, 4.69) is 11.1 Å². The highest BCUT2D eigenvalue weighted by atomic mass is 16.5. The molecule has 0 aliphatic rings. The van der Waals surface area contributed by atoms with Crippen molar-refractivity contribution >= 4 is 5.91 Å². The van der Waals surface area contributed by atoms with Gasteiger partial charge in [0.1, 0.15) is 0 Å². The van der Waals surface area contributed by atoms with E-state index in [1.165, 1.54) is 0 Å². The standard InChI is InChI=1S/C10H22N3O2/c1-15-8-4-7-13-10(14)9(12)5-2-3-6-11/h9,12H,2-8,11H2,1H3,(H,13,14)/p+1. The molecule has 0 saturated heterocycles. The third-order valence-corrected chi connectivity index (χ3v) is 2.13. The number of rotatable bonds is 9. The normalized spacial score (nSPS) is 12.5. The number of nitrogens with one attached hydrogen (secondary N) is 2. The molecule has 1 amide bonds. The first-order valence-electron chi connectivity index (χ1n) is 5.49. The number of unbranched alkanes of at least 4 members (excludes halogenated alkanes) is 1. The zero-order chi connectivity index (χ0) is 11.5. The second-order valence-electron chi connectivity index (χ2n) is 3.54. The van der Waals surface area contributed by atoms with Crippen LogP contribution in [0.3, 0.4) is 0 Å². The van der Waals surface area contributed by atoms with Crippen molar-refractivity contribution in [3.05, 3.63) is 0 Å². The Hall–Kier alpha value is -0.650. The number of quaternary nitrogens is 1. The predicted molar refractivity (Wildman–Crippen MR) is 58.0 cm³/mol. The average molecular weight is 217 g/mol. The van der Waals surface area contributed by atoms with Gasteiger partial charge in [0.15, 0.2) is 0 Å². The molecule has 0 heterocycles. The molecule has 1 atom stereocenters. The van der Waals surface area contributed by atoms with Gasteiger partial charge in [0, 0.05) is 20.3 Å². The lowest BCUT2D eigenvalue weighted by Gasteiger charge is -2.10. The van der Waals surface area contributed by atoms with Crippen molar-refractivity contribution in [2.24, 2.45) is 0 Å². The molecule has 0 spiro atoms. The van der Waals surface area contributed by atoms with Gasteiger partial charge < -0.3 is 15.8 Å². The van der Waals surface area contributed by atoms with Crippen LogP contribution >= 0.6 is 0 Å². The van der Waals surface area contributed by atoms with Crippen LogP contribution in [0.25, 0.3) is 0 Å². The summed E-state index contributed by atoms with van der Waals surface area (Å²) in [5.74, 6) is -0.171. The molecule has 0 aromatic carbocycles. The van der Waals surface area contributed by atoms with Crippen LogP contribution in [0.2, 0.25) is 0 Å². The highest BCUT2D eigenvalue weighted by molar-refractivity contribution is 5.81. The average Bonchev–Trinajstić information content (AvgIpc) is 2.24. The lowest BCUT2D eigenvalue weighted by atomic mass is 10.1. The molecule has 0 bridgehead atoms. The summed E-state index contributed by atoms with van der Waals surface area (Å²) in [6.07, 6.45) is 3.33. The van der Waals surface area contributed by atoms with Crippen LogP contribution in [0.4, 0.5) is 0 Å². The van der Waals surface area contributed by atoms with Gasteiger partial charge in [0.25, 0.3) is 0 Å². The first kappa shape index (κ1) is 14.3. The molecule has 1 radical (unpaired) electrons. The van der Waals surface area contributed by atoms with E-state index >= 15 is 0 Å². The fourth-order valence-corrected chi connectivity index (χ4v) is 1.21. The van der Waals surface area contributed by atoms with E-state index in [0.29, 0.717) is 19.6 Å². The summed E-state index contributed by atoms with van der Waals surface area (Å²) in [5.41, 5.74) is 11.3. The van der Waals surface area contributed by atoms with E-state index in [1.807, 2.05) is 0 Å². The zero-order valence-electron chi connectivity index (χ0n) is 9.55. The maximum atomic E-state index is 11.3. The Bertz CT molecular complexity index is 165. The molecular weight excluding hydrogens is 194 g/mol. The van der Waals surface area contributed by atoms with Crippen LogP contribution in [0, 0.1) is 0 Å². The Balaban J connectivity index is 3.42. The van der Waals surface area contributed by atoms with Crippen LogP contribution in [-0.2, 0) is 9.53 Å². The van der Waals surface area contributed by atoms with Crippen molar-refractivity contribution < 1.29 is 15.3 Å². The van der Waals surface area contributed by atoms with Gasteiger partial charge in [-0.1, -0.05) is 0 Å². The van der Waals surface area contributed by atoms with Crippen LogP contribution in [-0.4, -0.2) is 38.8 Å². The van der Waals surface area contributed by atoms with Crippen LogP contribution in [0.15, 0.2) is 0 Å². The second-order valence-corrected chi connectivity index (χ2v) is 3.54. The summed E-state index contributed by atoms with van der Waals surface area (Å²) in [5, 5.41) is 2.72. The number of carbonyl (C=O) groups is 1. The first-order chi connectivity index (χ1) is 7.22. The van der Waals surface area contributed by atoms with Crippen LogP contribution in [0.1, 0.15) is 25.7 Å². The minimum absolute atomic E-state index is 0.171. The van der Waals surface area contributed by atoms with Gasteiger partial charge in [-0.2, -0.15) is 0 Å². The summed E-state index contributed by atoms with van der Waals surface area (Å²) in [4.78, 5) is 11.3. The lowest BCUT2D eigenvalue weighted by Crippen LogP contribution is -2.50. The molecule has 0 aliphatic heterocycles. The molecule has 0 saturated carbocycles. The number of ether oxygens (including phenoxy) is 1. The molecular formula is C10H23N3O2+. The number of hydrogen-bond acceptors (Lipinski definition) is 2. The first-order valence-corrected chi connectivity index (χ1v) is 5.49. The van der Waals surface area contributed by atoms with Gasteiger partial charge in [0.2, 0.25) is 5.91 Å². The van der Waals surface area contributed by atoms with E-state index in [1.54, 1.807) is 7.11 Å². The highest BCUT2D eigenvalue weighted by Gasteiger charge is 2.12. The summed E-state index contributed by atoms with van der Waals surface area (Å²) >= 11 is 0. The predicted octanol–water partition coefficient (Wildman–Crippen LogP) is -0.797. The zero-order valence-corrected chi connectivity index (χ0v) is 9.55. The Morgan fingerprint density at radius 1 is 1.47 bits per heavy atom.